The summed E-state index contributed by atoms with van der Waals surface area (Å²) in [5, 5.41) is 23.2. The zero-order valence-electron chi connectivity index (χ0n) is 41.4. The van der Waals surface area contributed by atoms with Gasteiger partial charge >= 0.3 is 5.97 Å². The summed E-state index contributed by atoms with van der Waals surface area (Å²) in [7, 11) is 0. The van der Waals surface area contributed by atoms with Crippen LogP contribution in [0.1, 0.15) is 284 Å². The number of unbranched alkanes of at least 4 members (excludes halogenated alkanes) is 33. The Hall–Kier alpha value is -1.92. The van der Waals surface area contributed by atoms with Crippen LogP contribution in [-0.4, -0.2) is 47.4 Å². The third-order valence-electron chi connectivity index (χ3n) is 12.4. The van der Waals surface area contributed by atoms with Gasteiger partial charge in [0, 0.05) is 12.8 Å². The molecule has 6 nitrogen and oxygen atoms in total. The van der Waals surface area contributed by atoms with E-state index < -0.39 is 12.1 Å². The SMILES string of the molecule is CCCCC/C=C\C/C=C\CCCCCCCCCCCC(=O)OCCCC/C=C\CCCCCCC(=O)NC(CO)C(O)CCCCCCCCCCCCCCCCCC. The zero-order valence-corrected chi connectivity index (χ0v) is 41.4. The molecule has 0 aliphatic heterocycles. The molecular formula is C56H105NO5. The highest BCUT2D eigenvalue weighted by Gasteiger charge is 2.20. The fourth-order valence-electron chi connectivity index (χ4n) is 8.19. The highest BCUT2D eigenvalue weighted by Crippen LogP contribution is 2.16. The van der Waals surface area contributed by atoms with Crippen LogP contribution in [0.25, 0.3) is 0 Å². The van der Waals surface area contributed by atoms with Gasteiger partial charge in [0.2, 0.25) is 5.91 Å². The fourth-order valence-corrected chi connectivity index (χ4v) is 8.19. The van der Waals surface area contributed by atoms with E-state index in [9.17, 15) is 19.8 Å². The number of nitrogens with one attached hydrogen (secondary N) is 1. The number of ether oxygens (including phenoxy) is 1. The summed E-state index contributed by atoms with van der Waals surface area (Å²) in [5.74, 6) is -0.111. The molecule has 0 saturated carbocycles. The van der Waals surface area contributed by atoms with Crippen molar-refractivity contribution in [1.82, 2.24) is 5.32 Å². The standard InChI is InChI=1S/C56H105NO5/c1-3-5-7-9-11-13-15-17-19-21-22-23-25-27-29-34-38-42-46-50-56(61)62-51-47-43-39-35-31-30-33-37-41-45-49-55(60)57-53(52-58)54(59)48-44-40-36-32-28-26-24-20-18-16-14-12-10-8-6-4-2/h11,13,17,19,31,35,53-54,58-59H,3-10,12,14-16,18,20-30,32-34,36-52H2,1-2H3,(H,57,60)/b13-11-,19-17-,35-31-. The Morgan fingerprint density at radius 2 is 0.806 bits per heavy atom. The van der Waals surface area contributed by atoms with Gasteiger partial charge in [-0.15, -0.1) is 0 Å². The van der Waals surface area contributed by atoms with E-state index in [0.29, 0.717) is 25.9 Å². The first kappa shape index (κ1) is 60.1. The maximum Gasteiger partial charge on any atom is 0.305 e. The Morgan fingerprint density at radius 3 is 1.27 bits per heavy atom. The Morgan fingerprint density at radius 1 is 0.452 bits per heavy atom. The minimum Gasteiger partial charge on any atom is -0.466 e. The molecule has 6 heteroatoms. The van der Waals surface area contributed by atoms with Crippen molar-refractivity contribution in [1.29, 1.82) is 0 Å². The largest absolute Gasteiger partial charge is 0.466 e. The van der Waals surface area contributed by atoms with Gasteiger partial charge < -0.3 is 20.3 Å². The van der Waals surface area contributed by atoms with Gasteiger partial charge in [-0.3, -0.25) is 9.59 Å². The van der Waals surface area contributed by atoms with Gasteiger partial charge in [-0.05, 0) is 83.5 Å². The van der Waals surface area contributed by atoms with Crippen molar-refractivity contribution >= 4 is 11.9 Å². The summed E-state index contributed by atoms with van der Waals surface area (Å²) in [5.41, 5.74) is 0. The van der Waals surface area contributed by atoms with E-state index >= 15 is 0 Å². The molecule has 0 radical (unpaired) electrons. The monoisotopic (exact) mass is 872 g/mol. The molecule has 0 aliphatic rings. The Balaban J connectivity index is 3.51. The van der Waals surface area contributed by atoms with Crippen molar-refractivity contribution in [3.8, 4) is 0 Å². The molecule has 0 saturated heterocycles. The molecule has 0 heterocycles. The second-order valence-electron chi connectivity index (χ2n) is 18.6. The number of carbonyl (C=O) groups excluding carboxylic acids is 2. The van der Waals surface area contributed by atoms with Crippen molar-refractivity contribution in [3.63, 3.8) is 0 Å². The second-order valence-corrected chi connectivity index (χ2v) is 18.6. The van der Waals surface area contributed by atoms with Crippen LogP contribution in [0.3, 0.4) is 0 Å². The minimum atomic E-state index is -0.687. The molecule has 2 atom stereocenters. The van der Waals surface area contributed by atoms with Gasteiger partial charge in [0.05, 0.1) is 25.4 Å². The third-order valence-corrected chi connectivity index (χ3v) is 12.4. The summed E-state index contributed by atoms with van der Waals surface area (Å²) in [6, 6.07) is -0.568. The number of hydrogen-bond donors (Lipinski definition) is 3. The lowest BCUT2D eigenvalue weighted by atomic mass is 10.0. The lowest BCUT2D eigenvalue weighted by molar-refractivity contribution is -0.143. The number of aliphatic hydroxyl groups is 2. The number of hydrogen-bond acceptors (Lipinski definition) is 5. The van der Waals surface area contributed by atoms with E-state index in [1.807, 2.05) is 0 Å². The normalized spacial score (nSPS) is 12.9. The summed E-state index contributed by atoms with van der Waals surface area (Å²) >= 11 is 0. The summed E-state index contributed by atoms with van der Waals surface area (Å²) in [4.78, 5) is 24.5. The zero-order chi connectivity index (χ0) is 45.1. The summed E-state index contributed by atoms with van der Waals surface area (Å²) in [6.07, 6.45) is 62.6. The number of allylic oxidation sites excluding steroid dienone is 6. The first-order valence-electron chi connectivity index (χ1n) is 27.2. The number of amides is 1. The maximum absolute atomic E-state index is 12.5. The second kappa shape index (κ2) is 51.7. The first-order valence-corrected chi connectivity index (χ1v) is 27.2. The van der Waals surface area contributed by atoms with Crippen LogP contribution in [0, 0.1) is 0 Å². The van der Waals surface area contributed by atoms with Gasteiger partial charge in [0.1, 0.15) is 0 Å². The van der Waals surface area contributed by atoms with Crippen molar-refractivity contribution in [2.24, 2.45) is 0 Å². The summed E-state index contributed by atoms with van der Waals surface area (Å²) < 4.78 is 5.45. The van der Waals surface area contributed by atoms with Gasteiger partial charge in [-0.25, -0.2) is 0 Å². The molecule has 0 spiro atoms. The number of aliphatic hydroxyl groups excluding tert-OH is 2. The van der Waals surface area contributed by atoms with Gasteiger partial charge in [-0.2, -0.15) is 0 Å². The molecule has 0 aromatic carbocycles. The lowest BCUT2D eigenvalue weighted by Gasteiger charge is -2.22. The lowest BCUT2D eigenvalue weighted by Crippen LogP contribution is -2.45. The van der Waals surface area contributed by atoms with Crippen LogP contribution in [-0.2, 0) is 14.3 Å². The van der Waals surface area contributed by atoms with Crippen molar-refractivity contribution in [2.45, 2.75) is 296 Å². The van der Waals surface area contributed by atoms with Gasteiger partial charge in [-0.1, -0.05) is 224 Å². The summed E-state index contributed by atoms with van der Waals surface area (Å²) in [6.45, 7) is 4.84. The molecule has 1 amide bonds. The molecule has 0 rings (SSSR count). The van der Waals surface area contributed by atoms with Crippen molar-refractivity contribution in [3.05, 3.63) is 36.5 Å². The molecule has 0 bridgehead atoms. The Labute approximate surface area is 385 Å². The number of rotatable bonds is 50. The predicted molar refractivity (Wildman–Crippen MR) is 269 cm³/mol. The first-order chi connectivity index (χ1) is 30.5. The Bertz CT molecular complexity index is 1010. The number of esters is 1. The van der Waals surface area contributed by atoms with E-state index in [-0.39, 0.29) is 18.5 Å². The van der Waals surface area contributed by atoms with Crippen LogP contribution < -0.4 is 5.32 Å². The van der Waals surface area contributed by atoms with E-state index in [0.717, 1.165) is 83.5 Å². The van der Waals surface area contributed by atoms with E-state index in [4.69, 9.17) is 4.74 Å². The van der Waals surface area contributed by atoms with E-state index in [2.05, 4.69) is 55.6 Å². The average molecular weight is 872 g/mol. The number of carbonyl (C=O) groups is 2. The molecule has 62 heavy (non-hydrogen) atoms. The molecule has 0 fully saturated rings. The van der Waals surface area contributed by atoms with E-state index in [1.54, 1.807) is 0 Å². The molecule has 3 N–H and O–H groups in total. The van der Waals surface area contributed by atoms with Crippen LogP contribution in [0.15, 0.2) is 36.5 Å². The third kappa shape index (κ3) is 47.6. The van der Waals surface area contributed by atoms with Gasteiger partial charge in [0.15, 0.2) is 0 Å². The van der Waals surface area contributed by atoms with Gasteiger partial charge in [0.25, 0.3) is 0 Å². The fraction of sp³-hybridized carbons (Fsp3) is 0.857. The quantitative estimate of drug-likeness (QED) is 0.0321. The highest BCUT2D eigenvalue weighted by atomic mass is 16.5. The van der Waals surface area contributed by atoms with Crippen LogP contribution in [0.4, 0.5) is 0 Å². The average Bonchev–Trinajstić information content (AvgIpc) is 3.27. The van der Waals surface area contributed by atoms with Crippen LogP contribution in [0.5, 0.6) is 0 Å². The van der Waals surface area contributed by atoms with Crippen molar-refractivity contribution in [2.75, 3.05) is 13.2 Å². The van der Waals surface area contributed by atoms with Crippen LogP contribution >= 0.6 is 0 Å². The molecule has 2 unspecified atom stereocenters. The Kier molecular flexibility index (Phi) is 50.1. The minimum absolute atomic E-state index is 0.0402. The molecule has 0 aliphatic carbocycles. The van der Waals surface area contributed by atoms with E-state index in [1.165, 1.54) is 167 Å². The highest BCUT2D eigenvalue weighted by molar-refractivity contribution is 5.76. The molecule has 0 aromatic heterocycles. The topological polar surface area (TPSA) is 95.9 Å². The van der Waals surface area contributed by atoms with Crippen LogP contribution in [0.2, 0.25) is 0 Å². The molecular weight excluding hydrogens is 767 g/mol. The molecule has 364 valence electrons. The van der Waals surface area contributed by atoms with Crippen molar-refractivity contribution < 1.29 is 24.5 Å². The molecule has 0 aromatic rings. The predicted octanol–water partition coefficient (Wildman–Crippen LogP) is 16.5. The smallest absolute Gasteiger partial charge is 0.305 e. The maximum atomic E-state index is 12.5.